The second-order valence-electron chi connectivity index (χ2n) is 5.89. The van der Waals surface area contributed by atoms with Crippen LogP contribution in [0.2, 0.25) is 5.02 Å². The second kappa shape index (κ2) is 8.92. The summed E-state index contributed by atoms with van der Waals surface area (Å²) in [7, 11) is -0.814. The van der Waals surface area contributed by atoms with E-state index in [2.05, 4.69) is 12.2 Å². The molecule has 1 fully saturated rings. The molecule has 1 aliphatic carbocycles. The molecule has 118 valence electrons. The summed E-state index contributed by atoms with van der Waals surface area (Å²) >= 11 is 5.91. The number of hydrogen-bond donors (Lipinski definition) is 1. The normalized spacial score (nSPS) is 24.5. The molecule has 3 atom stereocenters. The molecule has 1 aromatic rings. The fraction of sp³-hybridized carbons (Fsp3) is 0.647. The molecule has 3 unspecified atom stereocenters. The van der Waals surface area contributed by atoms with Gasteiger partial charge in [0, 0.05) is 27.6 Å². The maximum atomic E-state index is 12.8. The van der Waals surface area contributed by atoms with Crippen molar-refractivity contribution in [2.24, 2.45) is 0 Å². The monoisotopic (exact) mass is 327 g/mol. The summed E-state index contributed by atoms with van der Waals surface area (Å²) in [4.78, 5) is 0. The number of rotatable bonds is 6. The minimum absolute atomic E-state index is 0.287. The van der Waals surface area contributed by atoms with Gasteiger partial charge in [-0.2, -0.15) is 0 Å². The van der Waals surface area contributed by atoms with Gasteiger partial charge in [-0.1, -0.05) is 49.9 Å². The fourth-order valence-electron chi connectivity index (χ4n) is 3.00. The van der Waals surface area contributed by atoms with Crippen LogP contribution in [0.15, 0.2) is 24.3 Å². The first-order chi connectivity index (χ1) is 10.2. The Hall–Kier alpha value is -0.380. The van der Waals surface area contributed by atoms with Crippen LogP contribution in [0.4, 0.5) is 0 Å². The lowest BCUT2D eigenvalue weighted by Gasteiger charge is -2.25. The van der Waals surface area contributed by atoms with E-state index in [0.29, 0.717) is 11.8 Å². The zero-order valence-corrected chi connectivity index (χ0v) is 14.4. The summed E-state index contributed by atoms with van der Waals surface area (Å²) in [6.07, 6.45) is 7.13. The van der Waals surface area contributed by atoms with Gasteiger partial charge < -0.3 is 5.32 Å². The van der Waals surface area contributed by atoms with Crippen LogP contribution >= 0.6 is 11.6 Å². The van der Waals surface area contributed by atoms with Gasteiger partial charge >= 0.3 is 0 Å². The van der Waals surface area contributed by atoms with E-state index in [4.69, 9.17) is 11.6 Å². The zero-order valence-electron chi connectivity index (χ0n) is 12.8. The Morgan fingerprint density at radius 3 is 2.62 bits per heavy atom. The molecule has 1 aromatic carbocycles. The predicted molar refractivity (Wildman–Crippen MR) is 92.3 cm³/mol. The molecule has 1 N–H and O–H groups in total. The summed E-state index contributed by atoms with van der Waals surface area (Å²) in [5, 5.41) is 4.65. The van der Waals surface area contributed by atoms with Crippen molar-refractivity contribution in [3.05, 3.63) is 34.9 Å². The topological polar surface area (TPSA) is 29.1 Å². The number of hydrogen-bond acceptors (Lipinski definition) is 2. The Balaban J connectivity index is 2.00. The first-order valence-electron chi connectivity index (χ1n) is 8.05. The Kier molecular flexibility index (Phi) is 7.21. The lowest BCUT2D eigenvalue weighted by Crippen LogP contribution is -2.42. The van der Waals surface area contributed by atoms with Crippen molar-refractivity contribution in [2.75, 3.05) is 6.54 Å². The molecule has 0 saturated heterocycles. The van der Waals surface area contributed by atoms with Crippen LogP contribution in [0.25, 0.3) is 0 Å². The van der Waals surface area contributed by atoms with Crippen molar-refractivity contribution in [3.63, 3.8) is 0 Å². The molecular weight excluding hydrogens is 302 g/mol. The minimum Gasteiger partial charge on any atom is -0.313 e. The van der Waals surface area contributed by atoms with Crippen molar-refractivity contribution in [1.82, 2.24) is 5.32 Å². The quantitative estimate of drug-likeness (QED) is 0.790. The molecule has 4 heteroatoms. The first-order valence-corrected chi connectivity index (χ1v) is 9.81. The second-order valence-corrected chi connectivity index (χ2v) is 7.98. The van der Waals surface area contributed by atoms with Gasteiger partial charge in [0.05, 0.1) is 5.25 Å². The Labute approximate surface area is 136 Å². The molecule has 21 heavy (non-hydrogen) atoms. The molecule has 0 spiro atoms. The van der Waals surface area contributed by atoms with Crippen LogP contribution in [0, 0.1) is 0 Å². The van der Waals surface area contributed by atoms with Gasteiger partial charge in [-0.15, -0.1) is 0 Å². The molecule has 0 aromatic heterocycles. The maximum Gasteiger partial charge on any atom is 0.0504 e. The van der Waals surface area contributed by atoms with E-state index in [1.807, 2.05) is 24.3 Å². The standard InChI is InChI=1S/C17H26ClNOS/c1-2-12-19-16-6-4-3-5-7-17(16)21(20)13-14-8-10-15(18)11-9-14/h8-11,16-17,19H,2-7,12-13H2,1H3. The average molecular weight is 328 g/mol. The average Bonchev–Trinajstić information content (AvgIpc) is 2.73. The van der Waals surface area contributed by atoms with E-state index < -0.39 is 10.8 Å². The van der Waals surface area contributed by atoms with E-state index in [9.17, 15) is 4.21 Å². The molecule has 0 aliphatic heterocycles. The van der Waals surface area contributed by atoms with Crippen molar-refractivity contribution in [1.29, 1.82) is 0 Å². The third-order valence-electron chi connectivity index (χ3n) is 4.17. The van der Waals surface area contributed by atoms with Crippen molar-refractivity contribution < 1.29 is 4.21 Å². The van der Waals surface area contributed by atoms with Crippen LogP contribution < -0.4 is 5.32 Å². The molecule has 1 saturated carbocycles. The van der Waals surface area contributed by atoms with Crippen LogP contribution in [-0.2, 0) is 16.6 Å². The SMILES string of the molecule is CCCNC1CCCCCC1S(=O)Cc1ccc(Cl)cc1. The molecule has 2 rings (SSSR count). The van der Waals surface area contributed by atoms with E-state index in [1.54, 1.807) is 0 Å². The summed E-state index contributed by atoms with van der Waals surface area (Å²) < 4.78 is 12.8. The molecule has 0 radical (unpaired) electrons. The van der Waals surface area contributed by atoms with E-state index in [1.165, 1.54) is 19.3 Å². The number of benzene rings is 1. The highest BCUT2D eigenvalue weighted by Crippen LogP contribution is 2.24. The molecule has 0 heterocycles. The van der Waals surface area contributed by atoms with Crippen LogP contribution in [0.5, 0.6) is 0 Å². The van der Waals surface area contributed by atoms with E-state index in [-0.39, 0.29) is 5.25 Å². The Morgan fingerprint density at radius 1 is 1.19 bits per heavy atom. The third kappa shape index (κ3) is 5.39. The fourth-order valence-corrected chi connectivity index (χ4v) is 4.89. The Morgan fingerprint density at radius 2 is 1.90 bits per heavy atom. The highest BCUT2D eigenvalue weighted by molar-refractivity contribution is 7.84. The lowest BCUT2D eigenvalue weighted by atomic mass is 10.1. The molecular formula is C17H26ClNOS. The van der Waals surface area contributed by atoms with Crippen molar-refractivity contribution in [2.45, 2.75) is 62.5 Å². The molecule has 0 bridgehead atoms. The van der Waals surface area contributed by atoms with Crippen LogP contribution in [0.3, 0.4) is 0 Å². The van der Waals surface area contributed by atoms with Crippen LogP contribution in [0.1, 0.15) is 51.0 Å². The maximum absolute atomic E-state index is 12.8. The van der Waals surface area contributed by atoms with Crippen molar-refractivity contribution >= 4 is 22.4 Å². The lowest BCUT2D eigenvalue weighted by molar-refractivity contribution is 0.462. The summed E-state index contributed by atoms with van der Waals surface area (Å²) in [5.41, 5.74) is 1.12. The van der Waals surface area contributed by atoms with Gasteiger partial charge in [0.2, 0.25) is 0 Å². The predicted octanol–water partition coefficient (Wildman–Crippen LogP) is 4.29. The number of nitrogens with one attached hydrogen (secondary N) is 1. The van der Waals surface area contributed by atoms with E-state index >= 15 is 0 Å². The van der Waals surface area contributed by atoms with Gasteiger partial charge in [0.15, 0.2) is 0 Å². The Bertz CT molecular complexity index is 449. The number of halogens is 1. The molecule has 2 nitrogen and oxygen atoms in total. The summed E-state index contributed by atoms with van der Waals surface area (Å²) in [5.74, 6) is 0.645. The zero-order chi connectivity index (χ0) is 15.1. The van der Waals surface area contributed by atoms with Gasteiger partial charge in [0.1, 0.15) is 0 Å². The van der Waals surface area contributed by atoms with Gasteiger partial charge in [0.25, 0.3) is 0 Å². The molecule has 1 aliphatic rings. The van der Waals surface area contributed by atoms with Gasteiger partial charge in [-0.05, 0) is 43.5 Å². The highest BCUT2D eigenvalue weighted by atomic mass is 35.5. The van der Waals surface area contributed by atoms with Gasteiger partial charge in [-0.3, -0.25) is 4.21 Å². The van der Waals surface area contributed by atoms with Crippen molar-refractivity contribution in [3.8, 4) is 0 Å². The first kappa shape index (κ1) is 17.0. The third-order valence-corrected chi connectivity index (χ3v) is 6.28. The van der Waals surface area contributed by atoms with Crippen LogP contribution in [-0.4, -0.2) is 22.0 Å². The summed E-state index contributed by atoms with van der Waals surface area (Å²) in [6.45, 7) is 3.21. The van der Waals surface area contributed by atoms with Gasteiger partial charge in [-0.25, -0.2) is 0 Å². The highest BCUT2D eigenvalue weighted by Gasteiger charge is 2.28. The smallest absolute Gasteiger partial charge is 0.0504 e. The molecule has 0 amide bonds. The largest absolute Gasteiger partial charge is 0.313 e. The van der Waals surface area contributed by atoms with E-state index in [0.717, 1.165) is 36.4 Å². The minimum atomic E-state index is -0.814. The summed E-state index contributed by atoms with van der Waals surface area (Å²) in [6, 6.07) is 8.17.